The zero-order chi connectivity index (χ0) is 16.7. The minimum atomic E-state index is -0.0674. The largest absolute Gasteiger partial charge is 0.324 e. The van der Waals surface area contributed by atoms with Gasteiger partial charge in [0.2, 0.25) is 11.9 Å². The number of benzene rings is 1. The Morgan fingerprint density at radius 1 is 1.21 bits per heavy atom. The van der Waals surface area contributed by atoms with Crippen molar-refractivity contribution in [1.82, 2.24) is 9.97 Å². The summed E-state index contributed by atoms with van der Waals surface area (Å²) in [5, 5.41) is 10.8. The van der Waals surface area contributed by atoms with Gasteiger partial charge in [-0.25, -0.2) is 9.97 Å². The third kappa shape index (κ3) is 2.84. The van der Waals surface area contributed by atoms with E-state index in [1.807, 2.05) is 10.8 Å². The van der Waals surface area contributed by atoms with E-state index in [0.717, 1.165) is 28.2 Å². The van der Waals surface area contributed by atoms with Gasteiger partial charge in [0.05, 0.1) is 27.8 Å². The number of fused-ring (bicyclic) bond motifs is 3. The Morgan fingerprint density at radius 3 is 2.92 bits per heavy atom. The molecule has 3 aromatic rings. The number of nitrogens with one attached hydrogen (secondary N) is 2. The molecule has 2 aromatic heterocycles. The Balaban J connectivity index is 1.74. The summed E-state index contributed by atoms with van der Waals surface area (Å²) < 4.78 is 0. The molecule has 5 nitrogen and oxygen atoms in total. The van der Waals surface area contributed by atoms with Crippen LogP contribution < -0.4 is 10.6 Å². The third-order valence-electron chi connectivity index (χ3n) is 3.58. The maximum absolute atomic E-state index is 11.9. The van der Waals surface area contributed by atoms with Crippen LogP contribution in [0.25, 0.3) is 11.3 Å². The number of hydrogen-bond donors (Lipinski definition) is 2. The third-order valence-corrected chi connectivity index (χ3v) is 5.07. The average molecular weight is 377 g/mol. The predicted molar refractivity (Wildman–Crippen MR) is 97.4 cm³/mol. The molecule has 0 aliphatic carbocycles. The van der Waals surface area contributed by atoms with Crippen molar-refractivity contribution < 1.29 is 4.79 Å². The fourth-order valence-electron chi connectivity index (χ4n) is 2.48. The smallest absolute Gasteiger partial charge is 0.228 e. The van der Waals surface area contributed by atoms with E-state index < -0.39 is 0 Å². The number of anilines is 3. The van der Waals surface area contributed by atoms with Crippen molar-refractivity contribution in [3.05, 3.63) is 50.8 Å². The molecule has 0 bridgehead atoms. The Kier molecular flexibility index (Phi) is 3.88. The SMILES string of the molecule is O=C1Cc2cnc(Nc3ccc(Cl)c(Cl)c3)nc2-c2cscc2N1. The summed E-state index contributed by atoms with van der Waals surface area (Å²) in [5.74, 6) is 0.362. The first-order valence-corrected chi connectivity index (χ1v) is 8.74. The van der Waals surface area contributed by atoms with Crippen molar-refractivity contribution in [2.45, 2.75) is 6.42 Å². The van der Waals surface area contributed by atoms with Crippen LogP contribution in [0.15, 0.2) is 35.2 Å². The Hall–Kier alpha value is -2.15. The number of carbonyl (C=O) groups is 1. The molecule has 0 radical (unpaired) electrons. The number of nitrogens with zero attached hydrogens (tertiary/aromatic N) is 2. The molecular weight excluding hydrogens is 367 g/mol. The van der Waals surface area contributed by atoms with Crippen LogP contribution in [-0.4, -0.2) is 15.9 Å². The molecule has 1 aromatic carbocycles. The zero-order valence-corrected chi connectivity index (χ0v) is 14.5. The highest BCUT2D eigenvalue weighted by molar-refractivity contribution is 7.08. The normalized spacial score (nSPS) is 12.8. The molecule has 1 amide bonds. The molecule has 0 spiro atoms. The molecule has 0 saturated heterocycles. The molecule has 4 rings (SSSR count). The van der Waals surface area contributed by atoms with Crippen LogP contribution in [0.3, 0.4) is 0 Å². The van der Waals surface area contributed by atoms with E-state index in [0.29, 0.717) is 16.0 Å². The van der Waals surface area contributed by atoms with Gasteiger partial charge < -0.3 is 10.6 Å². The van der Waals surface area contributed by atoms with E-state index in [9.17, 15) is 4.79 Å². The lowest BCUT2D eigenvalue weighted by molar-refractivity contribution is -0.115. The second-order valence-corrected chi connectivity index (χ2v) is 6.80. The Labute approximate surface area is 151 Å². The van der Waals surface area contributed by atoms with Gasteiger partial charge in [0, 0.05) is 33.8 Å². The number of carbonyl (C=O) groups excluding carboxylic acids is 1. The number of thiophene rings is 1. The number of rotatable bonds is 2. The van der Waals surface area contributed by atoms with Gasteiger partial charge in [-0.05, 0) is 18.2 Å². The molecule has 0 unspecified atom stereocenters. The highest BCUT2D eigenvalue weighted by Crippen LogP contribution is 2.36. The molecule has 1 aliphatic rings. The fourth-order valence-corrected chi connectivity index (χ4v) is 3.54. The fraction of sp³-hybridized carbons (Fsp3) is 0.0625. The summed E-state index contributed by atoms with van der Waals surface area (Å²) in [6.45, 7) is 0. The van der Waals surface area contributed by atoms with Crippen molar-refractivity contribution in [3.8, 4) is 11.3 Å². The van der Waals surface area contributed by atoms with E-state index in [-0.39, 0.29) is 12.3 Å². The average Bonchev–Trinajstić information content (AvgIpc) is 2.95. The van der Waals surface area contributed by atoms with Gasteiger partial charge in [-0.15, -0.1) is 11.3 Å². The second-order valence-electron chi connectivity index (χ2n) is 5.25. The van der Waals surface area contributed by atoms with E-state index in [4.69, 9.17) is 23.2 Å². The standard InChI is InChI=1S/C16H10Cl2N4OS/c17-11-2-1-9(4-12(11)18)20-16-19-5-8-3-14(23)21-13-7-24-6-10(13)15(8)22-16/h1-2,4-7H,3H2,(H,21,23)(H,19,20,22). The summed E-state index contributed by atoms with van der Waals surface area (Å²) in [4.78, 5) is 20.8. The molecule has 120 valence electrons. The molecule has 1 aliphatic heterocycles. The summed E-state index contributed by atoms with van der Waals surface area (Å²) in [7, 11) is 0. The van der Waals surface area contributed by atoms with E-state index >= 15 is 0 Å². The van der Waals surface area contributed by atoms with E-state index in [2.05, 4.69) is 20.6 Å². The first-order chi connectivity index (χ1) is 11.6. The van der Waals surface area contributed by atoms with Gasteiger partial charge >= 0.3 is 0 Å². The topological polar surface area (TPSA) is 66.9 Å². The molecular formula is C16H10Cl2N4OS. The lowest BCUT2D eigenvalue weighted by Crippen LogP contribution is -2.12. The molecule has 3 heterocycles. The molecule has 0 atom stereocenters. The highest BCUT2D eigenvalue weighted by atomic mass is 35.5. The maximum Gasteiger partial charge on any atom is 0.228 e. The minimum Gasteiger partial charge on any atom is -0.324 e. The predicted octanol–water partition coefficient (Wildman–Crippen LogP) is 4.75. The van der Waals surface area contributed by atoms with Crippen LogP contribution in [-0.2, 0) is 11.2 Å². The van der Waals surface area contributed by atoms with Crippen molar-refractivity contribution >= 4 is 57.8 Å². The van der Waals surface area contributed by atoms with Gasteiger partial charge in [-0.2, -0.15) is 0 Å². The van der Waals surface area contributed by atoms with Crippen molar-refractivity contribution in [3.63, 3.8) is 0 Å². The van der Waals surface area contributed by atoms with Crippen LogP contribution in [0, 0.1) is 0 Å². The van der Waals surface area contributed by atoms with E-state index in [1.54, 1.807) is 24.4 Å². The van der Waals surface area contributed by atoms with Crippen LogP contribution in [0.5, 0.6) is 0 Å². The number of amides is 1. The Bertz CT molecular complexity index is 957. The zero-order valence-electron chi connectivity index (χ0n) is 12.1. The highest BCUT2D eigenvalue weighted by Gasteiger charge is 2.21. The van der Waals surface area contributed by atoms with E-state index in [1.165, 1.54) is 11.3 Å². The minimum absolute atomic E-state index is 0.0674. The maximum atomic E-state index is 11.9. The first kappa shape index (κ1) is 15.4. The summed E-state index contributed by atoms with van der Waals surface area (Å²) >= 11 is 13.5. The van der Waals surface area contributed by atoms with Crippen molar-refractivity contribution in [2.24, 2.45) is 0 Å². The lowest BCUT2D eigenvalue weighted by Gasteiger charge is -2.09. The number of hydrogen-bond acceptors (Lipinski definition) is 5. The van der Waals surface area contributed by atoms with Crippen molar-refractivity contribution in [2.75, 3.05) is 10.6 Å². The van der Waals surface area contributed by atoms with Crippen LogP contribution in [0.1, 0.15) is 5.56 Å². The van der Waals surface area contributed by atoms with Crippen LogP contribution >= 0.6 is 34.5 Å². The second kappa shape index (κ2) is 6.05. The van der Waals surface area contributed by atoms with Crippen molar-refractivity contribution in [1.29, 1.82) is 0 Å². The van der Waals surface area contributed by atoms with Crippen LogP contribution in [0.4, 0.5) is 17.3 Å². The molecule has 0 fully saturated rings. The van der Waals surface area contributed by atoms with Gasteiger partial charge in [0.15, 0.2) is 0 Å². The van der Waals surface area contributed by atoms with Gasteiger partial charge in [-0.3, -0.25) is 4.79 Å². The molecule has 0 saturated carbocycles. The molecule has 24 heavy (non-hydrogen) atoms. The monoisotopic (exact) mass is 376 g/mol. The quantitative estimate of drug-likeness (QED) is 0.676. The van der Waals surface area contributed by atoms with Gasteiger partial charge in [0.1, 0.15) is 0 Å². The van der Waals surface area contributed by atoms with Gasteiger partial charge in [-0.1, -0.05) is 23.2 Å². The lowest BCUT2D eigenvalue weighted by atomic mass is 10.1. The van der Waals surface area contributed by atoms with Crippen LogP contribution in [0.2, 0.25) is 10.0 Å². The van der Waals surface area contributed by atoms with Gasteiger partial charge in [0.25, 0.3) is 0 Å². The first-order valence-electron chi connectivity index (χ1n) is 7.04. The summed E-state index contributed by atoms with van der Waals surface area (Å²) in [6, 6.07) is 5.21. The summed E-state index contributed by atoms with van der Waals surface area (Å²) in [6.07, 6.45) is 1.93. The molecule has 8 heteroatoms. The molecule has 2 N–H and O–H groups in total. The Morgan fingerprint density at radius 2 is 2.08 bits per heavy atom. The number of aromatic nitrogens is 2. The number of halogens is 2. The summed E-state index contributed by atoms with van der Waals surface area (Å²) in [5.41, 5.74) is 3.97.